The number of unbranched alkanes of at least 4 members (excludes halogenated alkanes) is 5. The number of hydrogen-bond donors (Lipinski definition) is 0. The van der Waals surface area contributed by atoms with Crippen LogP contribution in [0.15, 0.2) is 30.0 Å². The van der Waals surface area contributed by atoms with E-state index in [1.165, 1.54) is 39.1 Å². The summed E-state index contributed by atoms with van der Waals surface area (Å²) in [6.45, 7) is 2.73. The molecule has 23 heavy (non-hydrogen) atoms. The minimum absolute atomic E-state index is 0.110. The lowest BCUT2D eigenvalue weighted by atomic mass is 10.1. The van der Waals surface area contributed by atoms with Crippen molar-refractivity contribution in [1.82, 2.24) is 0 Å². The van der Waals surface area contributed by atoms with E-state index in [4.69, 9.17) is 9.47 Å². The number of carbonyl (C=O) groups excluding carboxylic acids is 2. The van der Waals surface area contributed by atoms with E-state index < -0.39 is 0 Å². The Bertz CT molecular complexity index is 601. The van der Waals surface area contributed by atoms with Crippen molar-refractivity contribution in [3.05, 3.63) is 41.2 Å². The van der Waals surface area contributed by atoms with Gasteiger partial charge in [-0.3, -0.25) is 9.59 Å². The molecule has 1 aliphatic carbocycles. The number of Topliss-reactive ketones (excluding diaryl/α,β-unsaturated/α-hetero) is 2. The molecule has 4 heteroatoms. The minimum atomic E-state index is -0.285. The van der Waals surface area contributed by atoms with Gasteiger partial charge in [0.1, 0.15) is 11.3 Å². The van der Waals surface area contributed by atoms with Crippen molar-refractivity contribution in [2.45, 2.75) is 45.4 Å². The van der Waals surface area contributed by atoms with Crippen molar-refractivity contribution in [1.29, 1.82) is 0 Å². The predicted octanol–water partition coefficient (Wildman–Crippen LogP) is 4.34. The average molecular weight is 316 g/mol. The Morgan fingerprint density at radius 1 is 0.957 bits per heavy atom. The zero-order valence-electron chi connectivity index (χ0n) is 13.9. The lowest BCUT2D eigenvalue weighted by molar-refractivity contribution is 0.0979. The van der Waals surface area contributed by atoms with E-state index in [1.54, 1.807) is 18.2 Å². The molecule has 0 N–H and O–H groups in total. The first-order valence-electron chi connectivity index (χ1n) is 8.28. The summed E-state index contributed by atoms with van der Waals surface area (Å²) in [4.78, 5) is 24.5. The van der Waals surface area contributed by atoms with Gasteiger partial charge in [-0.25, -0.2) is 0 Å². The van der Waals surface area contributed by atoms with Crippen molar-refractivity contribution in [3.8, 4) is 5.75 Å². The topological polar surface area (TPSA) is 52.6 Å². The predicted molar refractivity (Wildman–Crippen MR) is 89.1 cm³/mol. The Hall–Kier alpha value is -2.10. The zero-order chi connectivity index (χ0) is 16.7. The molecular formula is C19H24O4. The number of allylic oxidation sites excluding steroid dienone is 1. The number of carbonyl (C=O) groups is 2. The molecule has 0 heterocycles. The number of hydrogen-bond acceptors (Lipinski definition) is 4. The first-order chi connectivity index (χ1) is 11.2. The van der Waals surface area contributed by atoms with Crippen LogP contribution >= 0.6 is 0 Å². The number of rotatable bonds is 9. The van der Waals surface area contributed by atoms with Crippen LogP contribution in [0.2, 0.25) is 0 Å². The highest BCUT2D eigenvalue weighted by Crippen LogP contribution is 2.29. The Labute approximate surface area is 137 Å². The van der Waals surface area contributed by atoms with Gasteiger partial charge in [0.15, 0.2) is 0 Å². The van der Waals surface area contributed by atoms with E-state index in [0.717, 1.165) is 12.8 Å². The van der Waals surface area contributed by atoms with Gasteiger partial charge >= 0.3 is 0 Å². The summed E-state index contributed by atoms with van der Waals surface area (Å²) in [5, 5.41) is 0. The molecule has 0 saturated carbocycles. The third-order valence-corrected chi connectivity index (χ3v) is 4.02. The maximum atomic E-state index is 12.3. The maximum absolute atomic E-state index is 12.3. The SMILES string of the molecule is CCCCCCCCO/C=C1/C(=O)c2ccc(OC)cc2C1=O. The second kappa shape index (κ2) is 8.51. The smallest absolute Gasteiger partial charge is 0.200 e. The largest absolute Gasteiger partial charge is 0.500 e. The summed E-state index contributed by atoms with van der Waals surface area (Å²) in [6, 6.07) is 4.91. The quantitative estimate of drug-likeness (QED) is 0.294. The van der Waals surface area contributed by atoms with Crippen LogP contribution in [0.25, 0.3) is 0 Å². The first kappa shape index (κ1) is 17.3. The molecule has 0 unspecified atom stereocenters. The van der Waals surface area contributed by atoms with Crippen molar-refractivity contribution in [2.75, 3.05) is 13.7 Å². The van der Waals surface area contributed by atoms with Gasteiger partial charge < -0.3 is 9.47 Å². The van der Waals surface area contributed by atoms with Crippen LogP contribution in [0.4, 0.5) is 0 Å². The van der Waals surface area contributed by atoms with Gasteiger partial charge in [0.05, 0.1) is 20.0 Å². The average Bonchev–Trinajstić information content (AvgIpc) is 2.81. The van der Waals surface area contributed by atoms with Crippen LogP contribution in [0, 0.1) is 0 Å². The molecule has 0 atom stereocenters. The molecule has 2 rings (SSSR count). The molecule has 1 aromatic rings. The highest BCUT2D eigenvalue weighted by molar-refractivity contribution is 6.39. The molecule has 0 radical (unpaired) electrons. The molecular weight excluding hydrogens is 292 g/mol. The fourth-order valence-electron chi connectivity index (χ4n) is 2.64. The van der Waals surface area contributed by atoms with E-state index in [0.29, 0.717) is 23.5 Å². The van der Waals surface area contributed by atoms with Gasteiger partial charge in [0, 0.05) is 11.1 Å². The Morgan fingerprint density at radius 2 is 1.65 bits per heavy atom. The summed E-state index contributed by atoms with van der Waals surface area (Å²) < 4.78 is 10.5. The molecule has 1 aliphatic rings. The van der Waals surface area contributed by atoms with Crippen molar-refractivity contribution >= 4 is 11.6 Å². The molecule has 0 fully saturated rings. The van der Waals surface area contributed by atoms with Gasteiger partial charge in [-0.05, 0) is 24.6 Å². The van der Waals surface area contributed by atoms with Gasteiger partial charge in [-0.1, -0.05) is 39.0 Å². The summed E-state index contributed by atoms with van der Waals surface area (Å²) in [5.41, 5.74) is 0.924. The third-order valence-electron chi connectivity index (χ3n) is 4.02. The molecule has 1 aromatic carbocycles. The second-order valence-corrected chi connectivity index (χ2v) is 5.74. The van der Waals surface area contributed by atoms with Crippen LogP contribution < -0.4 is 4.74 Å². The van der Waals surface area contributed by atoms with Crippen LogP contribution in [-0.4, -0.2) is 25.3 Å². The molecule has 0 aromatic heterocycles. The van der Waals surface area contributed by atoms with E-state index in [9.17, 15) is 9.59 Å². The fraction of sp³-hybridized carbons (Fsp3) is 0.474. The summed E-state index contributed by atoms with van der Waals surface area (Å²) in [6.07, 6.45) is 8.35. The molecule has 0 bridgehead atoms. The standard InChI is InChI=1S/C19H24O4/c1-3-4-5-6-7-8-11-23-13-17-18(20)15-10-9-14(22-2)12-16(15)19(17)21/h9-10,12-13H,3-8,11H2,1-2H3/b17-13-. The van der Waals surface area contributed by atoms with Crippen molar-refractivity contribution in [3.63, 3.8) is 0 Å². The minimum Gasteiger partial charge on any atom is -0.500 e. The molecule has 4 nitrogen and oxygen atoms in total. The fourth-order valence-corrected chi connectivity index (χ4v) is 2.64. The number of ketones is 2. The second-order valence-electron chi connectivity index (χ2n) is 5.74. The number of benzene rings is 1. The number of ether oxygens (including phenoxy) is 2. The molecule has 124 valence electrons. The van der Waals surface area contributed by atoms with Gasteiger partial charge in [0.25, 0.3) is 0 Å². The Kier molecular flexibility index (Phi) is 6.39. The van der Waals surface area contributed by atoms with E-state index in [-0.39, 0.29) is 17.1 Å². The van der Waals surface area contributed by atoms with E-state index in [1.807, 2.05) is 0 Å². The third kappa shape index (κ3) is 4.21. The van der Waals surface area contributed by atoms with Gasteiger partial charge in [-0.15, -0.1) is 0 Å². The normalized spacial score (nSPS) is 15.1. The molecule has 0 aliphatic heterocycles. The molecule has 0 amide bonds. The van der Waals surface area contributed by atoms with Crippen LogP contribution in [0.1, 0.15) is 66.2 Å². The van der Waals surface area contributed by atoms with E-state index in [2.05, 4.69) is 6.92 Å². The van der Waals surface area contributed by atoms with Crippen molar-refractivity contribution < 1.29 is 19.1 Å². The van der Waals surface area contributed by atoms with Crippen LogP contribution in [0.5, 0.6) is 5.75 Å². The highest BCUT2D eigenvalue weighted by Gasteiger charge is 2.33. The Morgan fingerprint density at radius 3 is 2.39 bits per heavy atom. The van der Waals surface area contributed by atoms with Crippen molar-refractivity contribution in [2.24, 2.45) is 0 Å². The molecule has 0 saturated heterocycles. The first-order valence-corrected chi connectivity index (χ1v) is 8.28. The van der Waals surface area contributed by atoms with Crippen LogP contribution in [0.3, 0.4) is 0 Å². The van der Waals surface area contributed by atoms with Gasteiger partial charge in [0.2, 0.25) is 11.6 Å². The highest BCUT2D eigenvalue weighted by atomic mass is 16.5. The number of fused-ring (bicyclic) bond motifs is 1. The van der Waals surface area contributed by atoms with Crippen LogP contribution in [-0.2, 0) is 4.74 Å². The number of methoxy groups -OCH3 is 1. The lowest BCUT2D eigenvalue weighted by Gasteiger charge is -2.02. The Balaban J connectivity index is 1.87. The lowest BCUT2D eigenvalue weighted by Crippen LogP contribution is -2.02. The van der Waals surface area contributed by atoms with Gasteiger partial charge in [-0.2, -0.15) is 0 Å². The monoisotopic (exact) mass is 316 g/mol. The molecule has 0 spiro atoms. The van der Waals surface area contributed by atoms with E-state index >= 15 is 0 Å². The summed E-state index contributed by atoms with van der Waals surface area (Å²) >= 11 is 0. The zero-order valence-corrected chi connectivity index (χ0v) is 13.9. The maximum Gasteiger partial charge on any atom is 0.200 e. The summed E-state index contributed by atoms with van der Waals surface area (Å²) in [7, 11) is 1.53. The summed E-state index contributed by atoms with van der Waals surface area (Å²) in [5.74, 6) is 0.0154.